The van der Waals surface area contributed by atoms with Crippen LogP contribution in [0.15, 0.2) is 48.6 Å². The Hall–Kier alpha value is -4.32. The SMILES string of the molecule is CCOC(=O)/C=C/COc1nc(NCc2ccc3c(c2)OCO3)c2cc(C#N)ccc2n1. The van der Waals surface area contributed by atoms with Crippen LogP contribution in [-0.4, -0.2) is 35.9 Å². The van der Waals surface area contributed by atoms with Gasteiger partial charge in [0.15, 0.2) is 11.5 Å². The summed E-state index contributed by atoms with van der Waals surface area (Å²) in [6.07, 6.45) is 2.83. The van der Waals surface area contributed by atoms with Crippen molar-refractivity contribution in [2.24, 2.45) is 0 Å². The summed E-state index contributed by atoms with van der Waals surface area (Å²) in [5, 5.41) is 13.2. The van der Waals surface area contributed by atoms with Crippen molar-refractivity contribution < 1.29 is 23.7 Å². The van der Waals surface area contributed by atoms with Gasteiger partial charge < -0.3 is 24.3 Å². The van der Waals surface area contributed by atoms with Crippen LogP contribution in [0.1, 0.15) is 18.1 Å². The van der Waals surface area contributed by atoms with Gasteiger partial charge in [0.25, 0.3) is 0 Å². The van der Waals surface area contributed by atoms with Crippen LogP contribution in [0.3, 0.4) is 0 Å². The maximum atomic E-state index is 11.4. The van der Waals surface area contributed by atoms with Crippen LogP contribution in [0.2, 0.25) is 0 Å². The molecule has 3 aromatic rings. The first-order valence-electron chi connectivity index (χ1n) is 9.96. The molecule has 0 spiro atoms. The molecule has 0 atom stereocenters. The fourth-order valence-corrected chi connectivity index (χ4v) is 3.07. The first kappa shape index (κ1) is 20.9. The summed E-state index contributed by atoms with van der Waals surface area (Å²) < 4.78 is 21.2. The van der Waals surface area contributed by atoms with Crippen molar-refractivity contribution in [2.45, 2.75) is 13.5 Å². The third-order valence-electron chi connectivity index (χ3n) is 4.55. The Morgan fingerprint density at radius 3 is 2.94 bits per heavy atom. The molecule has 1 aliphatic rings. The number of aromatic nitrogens is 2. The van der Waals surface area contributed by atoms with Crippen LogP contribution < -0.4 is 19.5 Å². The quantitative estimate of drug-likeness (QED) is 0.422. The van der Waals surface area contributed by atoms with Crippen LogP contribution in [0, 0.1) is 11.3 Å². The maximum Gasteiger partial charge on any atom is 0.330 e. The van der Waals surface area contributed by atoms with E-state index in [9.17, 15) is 10.1 Å². The molecule has 9 heteroatoms. The number of hydrogen-bond acceptors (Lipinski definition) is 9. The second-order valence-electron chi connectivity index (χ2n) is 6.71. The van der Waals surface area contributed by atoms with E-state index in [1.54, 1.807) is 25.1 Å². The van der Waals surface area contributed by atoms with Crippen LogP contribution in [0.4, 0.5) is 5.82 Å². The zero-order chi connectivity index (χ0) is 22.3. The highest BCUT2D eigenvalue weighted by Gasteiger charge is 2.14. The molecule has 0 saturated heterocycles. The molecule has 2 aromatic carbocycles. The van der Waals surface area contributed by atoms with Crippen LogP contribution in [0.25, 0.3) is 10.9 Å². The standard InChI is InChI=1S/C23H20N4O5/c1-2-29-21(28)4-3-9-30-23-26-18-7-5-15(12-24)10-17(18)22(27-23)25-13-16-6-8-19-20(11-16)32-14-31-19/h3-8,10-11H,2,9,13-14H2,1H3,(H,25,26,27)/b4-3+. The lowest BCUT2D eigenvalue weighted by molar-refractivity contribution is -0.137. The van der Waals surface area contributed by atoms with E-state index in [1.807, 2.05) is 18.2 Å². The van der Waals surface area contributed by atoms with E-state index in [0.29, 0.717) is 46.9 Å². The summed E-state index contributed by atoms with van der Waals surface area (Å²) in [4.78, 5) is 20.2. The highest BCUT2D eigenvalue weighted by molar-refractivity contribution is 5.90. The molecule has 1 aliphatic heterocycles. The topological polar surface area (TPSA) is 116 Å². The first-order chi connectivity index (χ1) is 15.7. The molecule has 0 aliphatic carbocycles. The average molecular weight is 432 g/mol. The van der Waals surface area contributed by atoms with E-state index in [4.69, 9.17) is 18.9 Å². The molecule has 0 radical (unpaired) electrons. The lowest BCUT2D eigenvalue weighted by Gasteiger charge is -2.11. The molecule has 0 fully saturated rings. The summed E-state index contributed by atoms with van der Waals surface area (Å²) >= 11 is 0. The largest absolute Gasteiger partial charge is 0.463 e. The fourth-order valence-electron chi connectivity index (χ4n) is 3.07. The Morgan fingerprint density at radius 2 is 2.09 bits per heavy atom. The number of nitriles is 1. The Kier molecular flexibility index (Phi) is 6.32. The van der Waals surface area contributed by atoms with Gasteiger partial charge >= 0.3 is 12.0 Å². The van der Waals surface area contributed by atoms with Gasteiger partial charge in [0.05, 0.1) is 23.8 Å². The van der Waals surface area contributed by atoms with Crippen molar-refractivity contribution in [3.63, 3.8) is 0 Å². The number of fused-ring (bicyclic) bond motifs is 2. The van der Waals surface area contributed by atoms with E-state index >= 15 is 0 Å². The Morgan fingerprint density at radius 1 is 1.22 bits per heavy atom. The molecule has 9 nitrogen and oxygen atoms in total. The second kappa shape index (κ2) is 9.66. The molecular formula is C23H20N4O5. The third kappa shape index (κ3) is 4.87. The van der Waals surface area contributed by atoms with Gasteiger partial charge in [-0.05, 0) is 48.9 Å². The summed E-state index contributed by atoms with van der Waals surface area (Å²) in [6.45, 7) is 2.82. The molecule has 32 heavy (non-hydrogen) atoms. The monoisotopic (exact) mass is 432 g/mol. The van der Waals surface area contributed by atoms with Gasteiger partial charge in [-0.25, -0.2) is 4.79 Å². The zero-order valence-corrected chi connectivity index (χ0v) is 17.3. The van der Waals surface area contributed by atoms with Gasteiger partial charge in [-0.15, -0.1) is 0 Å². The minimum atomic E-state index is -0.439. The number of anilines is 1. The Balaban J connectivity index is 1.54. The number of hydrogen-bond donors (Lipinski definition) is 1. The van der Waals surface area contributed by atoms with Crippen molar-refractivity contribution in [3.8, 4) is 23.6 Å². The molecule has 2 heterocycles. The first-order valence-corrected chi connectivity index (χ1v) is 9.96. The molecule has 1 aromatic heterocycles. The molecule has 4 rings (SSSR count). The van der Waals surface area contributed by atoms with Gasteiger partial charge in [0.1, 0.15) is 12.4 Å². The van der Waals surface area contributed by atoms with Gasteiger partial charge in [-0.2, -0.15) is 15.2 Å². The smallest absolute Gasteiger partial charge is 0.330 e. The van der Waals surface area contributed by atoms with Crippen LogP contribution in [0.5, 0.6) is 17.5 Å². The minimum Gasteiger partial charge on any atom is -0.463 e. The summed E-state index contributed by atoms with van der Waals surface area (Å²) in [6, 6.07) is 13.1. The van der Waals surface area contributed by atoms with Gasteiger partial charge in [0, 0.05) is 18.0 Å². The number of nitrogens with one attached hydrogen (secondary N) is 1. The Bertz CT molecular complexity index is 1220. The van der Waals surface area contributed by atoms with E-state index in [-0.39, 0.29) is 19.4 Å². The molecule has 162 valence electrons. The number of benzene rings is 2. The van der Waals surface area contributed by atoms with Gasteiger partial charge in [-0.1, -0.05) is 6.07 Å². The van der Waals surface area contributed by atoms with Gasteiger partial charge in [0.2, 0.25) is 6.79 Å². The molecule has 0 saturated carbocycles. The van der Waals surface area contributed by atoms with Gasteiger partial charge in [-0.3, -0.25) is 0 Å². The van der Waals surface area contributed by atoms with Crippen molar-refractivity contribution in [1.82, 2.24) is 9.97 Å². The highest BCUT2D eigenvalue weighted by atomic mass is 16.7. The number of carbonyl (C=O) groups excluding carboxylic acids is 1. The number of carbonyl (C=O) groups is 1. The Labute approximate surface area is 184 Å². The average Bonchev–Trinajstić information content (AvgIpc) is 3.28. The van der Waals surface area contributed by atoms with Crippen molar-refractivity contribution >= 4 is 22.7 Å². The maximum absolute atomic E-state index is 11.4. The summed E-state index contributed by atoms with van der Waals surface area (Å²) in [7, 11) is 0. The molecule has 0 bridgehead atoms. The summed E-state index contributed by atoms with van der Waals surface area (Å²) in [5.74, 6) is 1.49. The van der Waals surface area contributed by atoms with E-state index in [0.717, 1.165) is 5.56 Å². The fraction of sp³-hybridized carbons (Fsp3) is 0.217. The lowest BCUT2D eigenvalue weighted by Crippen LogP contribution is -2.06. The number of nitrogens with zero attached hydrogens (tertiary/aromatic N) is 3. The van der Waals surface area contributed by atoms with E-state index in [2.05, 4.69) is 21.4 Å². The molecule has 0 amide bonds. The molecule has 0 unspecified atom stereocenters. The third-order valence-corrected chi connectivity index (χ3v) is 4.55. The van der Waals surface area contributed by atoms with Crippen molar-refractivity contribution in [1.29, 1.82) is 5.26 Å². The molecule has 1 N–H and O–H groups in total. The molecular weight excluding hydrogens is 412 g/mol. The summed E-state index contributed by atoms with van der Waals surface area (Å²) in [5.41, 5.74) is 2.09. The zero-order valence-electron chi connectivity index (χ0n) is 17.3. The lowest BCUT2D eigenvalue weighted by atomic mass is 10.1. The normalized spacial score (nSPS) is 12.0. The predicted molar refractivity (Wildman–Crippen MR) is 115 cm³/mol. The van der Waals surface area contributed by atoms with E-state index in [1.165, 1.54) is 12.2 Å². The number of esters is 1. The number of rotatable bonds is 8. The predicted octanol–water partition coefficient (Wildman–Crippen LogP) is 3.34. The second-order valence-corrected chi connectivity index (χ2v) is 6.71. The number of ether oxygens (including phenoxy) is 4. The van der Waals surface area contributed by atoms with Crippen LogP contribution >= 0.6 is 0 Å². The van der Waals surface area contributed by atoms with Crippen LogP contribution in [-0.2, 0) is 16.1 Å². The van der Waals surface area contributed by atoms with Crippen molar-refractivity contribution in [3.05, 3.63) is 59.7 Å². The minimum absolute atomic E-state index is 0.0994. The van der Waals surface area contributed by atoms with E-state index < -0.39 is 5.97 Å². The van der Waals surface area contributed by atoms with Crippen molar-refractivity contribution in [2.75, 3.05) is 25.3 Å². The highest BCUT2D eigenvalue weighted by Crippen LogP contribution is 2.33.